The Hall–Kier alpha value is -0.770. The molecule has 1 unspecified atom stereocenters. The lowest BCUT2D eigenvalue weighted by atomic mass is 10.3. The van der Waals surface area contributed by atoms with Crippen LogP contribution in [0.5, 0.6) is 0 Å². The predicted molar refractivity (Wildman–Crippen MR) is 48.1 cm³/mol. The first-order chi connectivity index (χ1) is 5.66. The maximum Gasteiger partial charge on any atom is 0.320 e. The molecule has 0 radical (unpaired) electrons. The number of carbonyl (C=O) groups excluding carboxylic acids is 1. The van der Waals surface area contributed by atoms with Gasteiger partial charge in [0.1, 0.15) is 0 Å². The predicted octanol–water partition coefficient (Wildman–Crippen LogP) is -0.0383. The zero-order valence-electron chi connectivity index (χ0n) is 8.00. The number of nitrogens with one attached hydrogen (secondary N) is 1. The molecule has 2 amide bonds. The Morgan fingerprint density at radius 2 is 2.25 bits per heavy atom. The van der Waals surface area contributed by atoms with Gasteiger partial charge in [-0.2, -0.15) is 0 Å². The third-order valence-electron chi connectivity index (χ3n) is 2.28. The van der Waals surface area contributed by atoms with Crippen LogP contribution in [0, 0.1) is 0 Å². The van der Waals surface area contributed by atoms with E-state index in [9.17, 15) is 4.79 Å². The van der Waals surface area contributed by atoms with E-state index in [1.165, 1.54) is 0 Å². The zero-order chi connectivity index (χ0) is 9.14. The van der Waals surface area contributed by atoms with Crippen molar-refractivity contribution in [2.24, 2.45) is 0 Å². The maximum absolute atomic E-state index is 11.4. The summed E-state index contributed by atoms with van der Waals surface area (Å²) in [5.74, 6) is 0. The summed E-state index contributed by atoms with van der Waals surface area (Å²) in [6.07, 6.45) is 0. The molecular formula is C8H17N3O. The van der Waals surface area contributed by atoms with Gasteiger partial charge in [0, 0.05) is 32.7 Å². The summed E-state index contributed by atoms with van der Waals surface area (Å²) in [7, 11) is 3.75. The normalized spacial score (nSPS) is 20.4. The summed E-state index contributed by atoms with van der Waals surface area (Å²) in [6, 6.07) is 0.449. The molecule has 1 fully saturated rings. The van der Waals surface area contributed by atoms with Crippen molar-refractivity contribution in [2.75, 3.05) is 33.7 Å². The van der Waals surface area contributed by atoms with Crippen molar-refractivity contribution < 1.29 is 4.79 Å². The van der Waals surface area contributed by atoms with Crippen LogP contribution in [0.3, 0.4) is 0 Å². The Bertz CT molecular complexity index is 172. The van der Waals surface area contributed by atoms with E-state index in [4.69, 9.17) is 0 Å². The van der Waals surface area contributed by atoms with Crippen LogP contribution in [0.25, 0.3) is 0 Å². The van der Waals surface area contributed by atoms with Gasteiger partial charge in [-0.1, -0.05) is 0 Å². The maximum atomic E-state index is 11.4. The van der Waals surface area contributed by atoms with Crippen LogP contribution in [0.2, 0.25) is 0 Å². The molecular weight excluding hydrogens is 154 g/mol. The highest BCUT2D eigenvalue weighted by molar-refractivity contribution is 5.76. The molecule has 1 saturated heterocycles. The molecule has 1 heterocycles. The average molecular weight is 171 g/mol. The van der Waals surface area contributed by atoms with Crippen LogP contribution in [0.1, 0.15) is 6.92 Å². The van der Waals surface area contributed by atoms with E-state index >= 15 is 0 Å². The van der Waals surface area contributed by atoms with Crippen LogP contribution in [0.4, 0.5) is 4.79 Å². The van der Waals surface area contributed by atoms with Crippen molar-refractivity contribution in [3.8, 4) is 0 Å². The lowest BCUT2D eigenvalue weighted by molar-refractivity contribution is 0.185. The SMILES string of the molecule is CNCC(C)N1CCN(C)C1=O. The fourth-order valence-electron chi connectivity index (χ4n) is 1.48. The molecule has 0 aromatic heterocycles. The number of urea groups is 1. The first-order valence-electron chi connectivity index (χ1n) is 4.33. The van der Waals surface area contributed by atoms with Gasteiger partial charge in [0.25, 0.3) is 0 Å². The molecule has 0 aromatic carbocycles. The van der Waals surface area contributed by atoms with Crippen LogP contribution >= 0.6 is 0 Å². The van der Waals surface area contributed by atoms with Gasteiger partial charge in [0.2, 0.25) is 0 Å². The van der Waals surface area contributed by atoms with E-state index in [-0.39, 0.29) is 6.03 Å². The molecule has 70 valence electrons. The topological polar surface area (TPSA) is 35.6 Å². The fourth-order valence-corrected chi connectivity index (χ4v) is 1.48. The highest BCUT2D eigenvalue weighted by Crippen LogP contribution is 2.09. The number of rotatable bonds is 3. The first-order valence-corrected chi connectivity index (χ1v) is 4.33. The van der Waals surface area contributed by atoms with Crippen molar-refractivity contribution in [1.29, 1.82) is 0 Å². The summed E-state index contributed by atoms with van der Waals surface area (Å²) >= 11 is 0. The van der Waals surface area contributed by atoms with Crippen molar-refractivity contribution in [2.45, 2.75) is 13.0 Å². The van der Waals surface area contributed by atoms with Gasteiger partial charge in [-0.3, -0.25) is 0 Å². The van der Waals surface area contributed by atoms with Crippen molar-refractivity contribution in [3.63, 3.8) is 0 Å². The quantitative estimate of drug-likeness (QED) is 0.647. The highest BCUT2D eigenvalue weighted by Gasteiger charge is 2.28. The molecule has 1 atom stereocenters. The summed E-state index contributed by atoms with van der Waals surface area (Å²) in [4.78, 5) is 15.1. The molecule has 12 heavy (non-hydrogen) atoms. The zero-order valence-corrected chi connectivity index (χ0v) is 8.00. The molecule has 0 bridgehead atoms. The summed E-state index contributed by atoms with van der Waals surface area (Å²) in [5, 5.41) is 3.07. The molecule has 0 aliphatic carbocycles. The molecule has 4 heteroatoms. The lowest BCUT2D eigenvalue weighted by Gasteiger charge is -2.23. The Kier molecular flexibility index (Phi) is 2.92. The summed E-state index contributed by atoms with van der Waals surface area (Å²) < 4.78 is 0. The number of carbonyl (C=O) groups is 1. The van der Waals surface area contributed by atoms with E-state index in [0.29, 0.717) is 6.04 Å². The number of nitrogens with zero attached hydrogens (tertiary/aromatic N) is 2. The third-order valence-corrected chi connectivity index (χ3v) is 2.28. The van der Waals surface area contributed by atoms with Crippen molar-refractivity contribution >= 4 is 6.03 Å². The lowest BCUT2D eigenvalue weighted by Crippen LogP contribution is -2.41. The Labute approximate surface area is 73.5 Å². The van der Waals surface area contributed by atoms with Crippen LogP contribution < -0.4 is 5.32 Å². The number of hydrogen-bond acceptors (Lipinski definition) is 2. The van der Waals surface area contributed by atoms with Gasteiger partial charge in [0.15, 0.2) is 0 Å². The molecule has 1 N–H and O–H groups in total. The first kappa shape index (κ1) is 9.32. The molecule has 0 saturated carbocycles. The average Bonchev–Trinajstić information content (AvgIpc) is 2.34. The van der Waals surface area contributed by atoms with Gasteiger partial charge >= 0.3 is 6.03 Å². The fraction of sp³-hybridized carbons (Fsp3) is 0.875. The van der Waals surface area contributed by atoms with Gasteiger partial charge in [-0.05, 0) is 14.0 Å². The Morgan fingerprint density at radius 1 is 1.58 bits per heavy atom. The molecule has 1 rings (SSSR count). The number of amides is 2. The Morgan fingerprint density at radius 3 is 2.67 bits per heavy atom. The smallest absolute Gasteiger partial charge is 0.320 e. The minimum Gasteiger partial charge on any atom is -0.326 e. The minimum absolute atomic E-state index is 0.151. The monoisotopic (exact) mass is 171 g/mol. The molecule has 1 aliphatic rings. The third kappa shape index (κ3) is 1.69. The van der Waals surface area contributed by atoms with E-state index in [2.05, 4.69) is 12.2 Å². The molecule has 0 spiro atoms. The molecule has 4 nitrogen and oxygen atoms in total. The second kappa shape index (κ2) is 3.76. The molecule has 1 aliphatic heterocycles. The van der Waals surface area contributed by atoms with E-state index < -0.39 is 0 Å². The number of likely N-dealkylation sites (N-methyl/N-ethyl adjacent to an activating group) is 2. The largest absolute Gasteiger partial charge is 0.326 e. The van der Waals surface area contributed by atoms with E-state index in [1.54, 1.807) is 4.90 Å². The minimum atomic E-state index is 0.151. The van der Waals surface area contributed by atoms with Crippen LogP contribution in [-0.4, -0.2) is 55.6 Å². The van der Waals surface area contributed by atoms with Gasteiger partial charge < -0.3 is 15.1 Å². The summed E-state index contributed by atoms with van der Waals surface area (Å²) in [5.41, 5.74) is 0. The van der Waals surface area contributed by atoms with E-state index in [0.717, 1.165) is 19.6 Å². The van der Waals surface area contributed by atoms with Crippen molar-refractivity contribution in [1.82, 2.24) is 15.1 Å². The molecule has 0 aromatic rings. The second-order valence-electron chi connectivity index (χ2n) is 3.30. The standard InChI is InChI=1S/C8H17N3O/c1-7(6-9-2)11-5-4-10(3)8(11)12/h7,9H,4-6H2,1-3H3. The van der Waals surface area contributed by atoms with Crippen molar-refractivity contribution in [3.05, 3.63) is 0 Å². The van der Waals surface area contributed by atoms with Gasteiger partial charge in [-0.15, -0.1) is 0 Å². The Balaban J connectivity index is 2.47. The van der Waals surface area contributed by atoms with Crippen LogP contribution in [-0.2, 0) is 0 Å². The van der Waals surface area contributed by atoms with Gasteiger partial charge in [-0.25, -0.2) is 4.79 Å². The highest BCUT2D eigenvalue weighted by atomic mass is 16.2. The second-order valence-corrected chi connectivity index (χ2v) is 3.30. The van der Waals surface area contributed by atoms with Crippen LogP contribution in [0.15, 0.2) is 0 Å². The summed E-state index contributed by atoms with van der Waals surface area (Å²) in [6.45, 7) is 4.64. The van der Waals surface area contributed by atoms with Gasteiger partial charge in [0.05, 0.1) is 0 Å². The number of hydrogen-bond donors (Lipinski definition) is 1. The van der Waals surface area contributed by atoms with E-state index in [1.807, 2.05) is 19.0 Å².